The molecule has 1 aromatic carbocycles. The van der Waals surface area contributed by atoms with Crippen molar-refractivity contribution in [3.63, 3.8) is 0 Å². The molecule has 6 heteroatoms. The molecular formula is C15H23BrN2O2S. The summed E-state index contributed by atoms with van der Waals surface area (Å²) in [7, 11) is -3.46. The van der Waals surface area contributed by atoms with Crippen molar-refractivity contribution in [3.8, 4) is 0 Å². The second kappa shape index (κ2) is 6.77. The molecule has 0 aromatic heterocycles. The molecule has 21 heavy (non-hydrogen) atoms. The van der Waals surface area contributed by atoms with Gasteiger partial charge in [-0.1, -0.05) is 29.3 Å². The smallest absolute Gasteiger partial charge is 0.243 e. The summed E-state index contributed by atoms with van der Waals surface area (Å²) in [4.78, 5) is 0.368. The van der Waals surface area contributed by atoms with Crippen molar-refractivity contribution in [3.05, 3.63) is 28.2 Å². The van der Waals surface area contributed by atoms with Gasteiger partial charge in [0.05, 0.1) is 4.90 Å². The lowest BCUT2D eigenvalue weighted by Crippen LogP contribution is -2.44. The van der Waals surface area contributed by atoms with Crippen molar-refractivity contribution >= 4 is 26.0 Å². The minimum Gasteiger partial charge on any atom is -0.330 e. The average molecular weight is 375 g/mol. The maximum absolute atomic E-state index is 12.9. The Morgan fingerprint density at radius 3 is 2.67 bits per heavy atom. The lowest BCUT2D eigenvalue weighted by molar-refractivity contribution is 0.276. The van der Waals surface area contributed by atoms with E-state index >= 15 is 0 Å². The predicted molar refractivity (Wildman–Crippen MR) is 88.6 cm³/mol. The second-order valence-electron chi connectivity index (χ2n) is 5.61. The Morgan fingerprint density at radius 2 is 2.10 bits per heavy atom. The van der Waals surface area contributed by atoms with Crippen molar-refractivity contribution in [2.45, 2.75) is 44.0 Å². The maximum Gasteiger partial charge on any atom is 0.243 e. The molecule has 0 bridgehead atoms. The molecule has 0 aliphatic heterocycles. The van der Waals surface area contributed by atoms with Crippen molar-refractivity contribution in [2.24, 2.45) is 11.7 Å². The molecule has 0 amide bonds. The van der Waals surface area contributed by atoms with Crippen molar-refractivity contribution in [2.75, 3.05) is 13.1 Å². The van der Waals surface area contributed by atoms with E-state index in [0.717, 1.165) is 29.3 Å². The van der Waals surface area contributed by atoms with Crippen LogP contribution in [0.1, 0.15) is 31.7 Å². The Balaban J connectivity index is 2.37. The molecule has 2 unspecified atom stereocenters. The van der Waals surface area contributed by atoms with Gasteiger partial charge in [0.1, 0.15) is 0 Å². The highest BCUT2D eigenvalue weighted by Crippen LogP contribution is 2.33. The molecule has 1 aliphatic carbocycles. The van der Waals surface area contributed by atoms with Gasteiger partial charge in [0, 0.05) is 17.1 Å². The molecule has 1 fully saturated rings. The van der Waals surface area contributed by atoms with Gasteiger partial charge in [0.2, 0.25) is 10.0 Å². The van der Waals surface area contributed by atoms with Gasteiger partial charge in [-0.3, -0.25) is 0 Å². The van der Waals surface area contributed by atoms with E-state index in [1.54, 1.807) is 22.5 Å². The van der Waals surface area contributed by atoms with Gasteiger partial charge in [-0.2, -0.15) is 4.31 Å². The third-order valence-corrected chi connectivity index (χ3v) is 7.23. The number of nitrogens with two attached hydrogens (primary N) is 1. The number of hydrogen-bond acceptors (Lipinski definition) is 3. The summed E-state index contributed by atoms with van der Waals surface area (Å²) >= 11 is 3.41. The molecule has 1 aliphatic rings. The summed E-state index contributed by atoms with van der Waals surface area (Å²) in [6, 6.07) is 5.23. The number of aryl methyl sites for hydroxylation is 1. The first-order chi connectivity index (χ1) is 9.91. The van der Waals surface area contributed by atoms with E-state index in [2.05, 4.69) is 15.9 Å². The molecular weight excluding hydrogens is 352 g/mol. The van der Waals surface area contributed by atoms with Crippen LogP contribution in [0.4, 0.5) is 0 Å². The molecule has 4 nitrogen and oxygen atoms in total. The summed E-state index contributed by atoms with van der Waals surface area (Å²) in [5, 5.41) is 0. The molecule has 1 aromatic rings. The van der Waals surface area contributed by atoms with Crippen LogP contribution in [0.3, 0.4) is 0 Å². The topological polar surface area (TPSA) is 63.4 Å². The zero-order valence-electron chi connectivity index (χ0n) is 12.5. The third-order valence-electron chi connectivity index (χ3n) is 4.34. The number of nitrogens with zero attached hydrogens (tertiary/aromatic N) is 1. The molecule has 0 radical (unpaired) electrons. The normalized spacial score (nSPS) is 22.9. The molecule has 2 rings (SSSR count). The first-order valence-electron chi connectivity index (χ1n) is 7.39. The Morgan fingerprint density at radius 1 is 1.38 bits per heavy atom. The molecule has 0 spiro atoms. The first-order valence-corrected chi connectivity index (χ1v) is 9.63. The average Bonchev–Trinajstić information content (AvgIpc) is 2.90. The van der Waals surface area contributed by atoms with Crippen LogP contribution in [0.15, 0.2) is 27.6 Å². The molecule has 1 saturated carbocycles. The number of hydrogen-bond donors (Lipinski definition) is 1. The minimum atomic E-state index is -3.46. The number of benzene rings is 1. The maximum atomic E-state index is 12.9. The predicted octanol–water partition coefficient (Wildman–Crippen LogP) is 2.90. The summed E-state index contributed by atoms with van der Waals surface area (Å²) in [6.45, 7) is 4.83. The van der Waals surface area contributed by atoms with Crippen LogP contribution in [-0.4, -0.2) is 31.9 Å². The summed E-state index contributed by atoms with van der Waals surface area (Å²) in [5.41, 5.74) is 6.74. The van der Waals surface area contributed by atoms with Gasteiger partial charge in [-0.05, 0) is 56.0 Å². The van der Waals surface area contributed by atoms with Gasteiger partial charge >= 0.3 is 0 Å². The van der Waals surface area contributed by atoms with Crippen LogP contribution in [0.25, 0.3) is 0 Å². The summed E-state index contributed by atoms with van der Waals surface area (Å²) < 4.78 is 28.5. The van der Waals surface area contributed by atoms with E-state index in [1.165, 1.54) is 0 Å². The van der Waals surface area contributed by atoms with Crippen LogP contribution in [0.2, 0.25) is 0 Å². The van der Waals surface area contributed by atoms with E-state index in [0.29, 0.717) is 18.0 Å². The van der Waals surface area contributed by atoms with Crippen molar-refractivity contribution < 1.29 is 8.42 Å². The van der Waals surface area contributed by atoms with E-state index in [1.807, 2.05) is 13.8 Å². The van der Waals surface area contributed by atoms with Gasteiger partial charge in [-0.25, -0.2) is 8.42 Å². The lowest BCUT2D eigenvalue weighted by atomic mass is 10.0. The molecule has 2 N–H and O–H groups in total. The number of halogens is 1. The highest BCUT2D eigenvalue weighted by atomic mass is 79.9. The quantitative estimate of drug-likeness (QED) is 0.861. The largest absolute Gasteiger partial charge is 0.330 e. The van der Waals surface area contributed by atoms with E-state index < -0.39 is 10.0 Å². The fraction of sp³-hybridized carbons (Fsp3) is 0.600. The number of rotatable bonds is 5. The van der Waals surface area contributed by atoms with E-state index in [-0.39, 0.29) is 12.0 Å². The Bertz CT molecular complexity index is 604. The van der Waals surface area contributed by atoms with Crippen LogP contribution in [0, 0.1) is 12.8 Å². The first kappa shape index (κ1) is 16.9. The van der Waals surface area contributed by atoms with E-state index in [4.69, 9.17) is 5.73 Å². The van der Waals surface area contributed by atoms with Crippen LogP contribution < -0.4 is 5.73 Å². The second-order valence-corrected chi connectivity index (χ2v) is 8.36. The Hall–Kier alpha value is -0.430. The van der Waals surface area contributed by atoms with Gasteiger partial charge in [0.15, 0.2) is 0 Å². The summed E-state index contributed by atoms with van der Waals surface area (Å²) in [5.74, 6) is 0.274. The monoisotopic (exact) mass is 374 g/mol. The fourth-order valence-electron chi connectivity index (χ4n) is 3.17. The summed E-state index contributed by atoms with van der Waals surface area (Å²) in [6.07, 6.45) is 2.98. The standard InChI is InChI=1S/C15H23BrN2O2S/c1-3-18(15-6-4-5-12(15)10-17)21(19,20)13-7-8-14(16)11(2)9-13/h7-9,12,15H,3-6,10,17H2,1-2H3. The van der Waals surface area contributed by atoms with Crippen molar-refractivity contribution in [1.29, 1.82) is 0 Å². The molecule has 0 saturated heterocycles. The zero-order chi connectivity index (χ0) is 15.6. The van der Waals surface area contributed by atoms with Gasteiger partial charge < -0.3 is 5.73 Å². The van der Waals surface area contributed by atoms with Gasteiger partial charge in [-0.15, -0.1) is 0 Å². The minimum absolute atomic E-state index is 0.0361. The van der Waals surface area contributed by atoms with E-state index in [9.17, 15) is 8.42 Å². The third kappa shape index (κ3) is 3.33. The Kier molecular flexibility index (Phi) is 5.46. The van der Waals surface area contributed by atoms with Crippen LogP contribution in [0.5, 0.6) is 0 Å². The molecule has 118 valence electrons. The fourth-order valence-corrected chi connectivity index (χ4v) is 5.22. The molecule has 2 atom stereocenters. The van der Waals surface area contributed by atoms with Crippen LogP contribution >= 0.6 is 15.9 Å². The van der Waals surface area contributed by atoms with Crippen LogP contribution in [-0.2, 0) is 10.0 Å². The highest BCUT2D eigenvalue weighted by molar-refractivity contribution is 9.10. The van der Waals surface area contributed by atoms with Crippen molar-refractivity contribution in [1.82, 2.24) is 4.31 Å². The highest BCUT2D eigenvalue weighted by Gasteiger charge is 2.37. The molecule has 0 heterocycles. The van der Waals surface area contributed by atoms with Gasteiger partial charge in [0.25, 0.3) is 0 Å². The zero-order valence-corrected chi connectivity index (χ0v) is 15.0. The lowest BCUT2D eigenvalue weighted by Gasteiger charge is -2.31. The Labute approximate surface area is 135 Å². The number of sulfonamides is 1. The SMILES string of the molecule is CCN(C1CCCC1CN)S(=O)(=O)c1ccc(Br)c(C)c1.